The third kappa shape index (κ3) is 6.76. The molecule has 0 spiro atoms. The van der Waals surface area contributed by atoms with Crippen molar-refractivity contribution >= 4 is 42.2 Å². The van der Waals surface area contributed by atoms with E-state index >= 15 is 0 Å². The van der Waals surface area contributed by atoms with Crippen molar-refractivity contribution in [3.63, 3.8) is 0 Å². The van der Waals surface area contributed by atoms with E-state index in [4.69, 9.17) is 14.1 Å². The number of nitrogens with zero attached hydrogens (tertiary/aromatic N) is 2. The largest absolute Gasteiger partial charge is 0.488 e. The van der Waals surface area contributed by atoms with Crippen molar-refractivity contribution in [1.29, 1.82) is 0 Å². The van der Waals surface area contributed by atoms with E-state index < -0.39 is 15.4 Å². The fourth-order valence-corrected chi connectivity index (χ4v) is 11.8. The standard InChI is InChI=1S/C39H49BN2O4Si/c1-9-42-35-23-22-29(40(43)44)25-33(35)34(37(42)32-21-16-24-41-36(32)28(2)45-8)26-39(6,7)27-46-47(38(3,4)5,30-17-12-10-13-18-30)31-19-14-11-15-20-31/h10-25,28,43-44H,9,26-27H2,1-8H3/t28-/m0/s1. The first-order valence-electron chi connectivity index (χ1n) is 16.6. The van der Waals surface area contributed by atoms with Gasteiger partial charge in [-0.25, -0.2) is 0 Å². The molecule has 0 aliphatic rings. The third-order valence-corrected chi connectivity index (χ3v) is 14.4. The van der Waals surface area contributed by atoms with Gasteiger partial charge in [-0.1, -0.05) is 107 Å². The van der Waals surface area contributed by atoms with Gasteiger partial charge in [-0.2, -0.15) is 0 Å². The summed E-state index contributed by atoms with van der Waals surface area (Å²) in [5, 5.41) is 23.7. The van der Waals surface area contributed by atoms with E-state index in [1.54, 1.807) is 13.2 Å². The van der Waals surface area contributed by atoms with Crippen molar-refractivity contribution in [2.45, 2.75) is 72.6 Å². The van der Waals surface area contributed by atoms with Crippen LogP contribution in [0.5, 0.6) is 0 Å². The van der Waals surface area contributed by atoms with Crippen molar-refractivity contribution in [3.05, 3.63) is 108 Å². The molecule has 246 valence electrons. The number of methoxy groups -OCH3 is 1. The molecule has 1 atom stereocenters. The Morgan fingerprint density at radius 2 is 1.49 bits per heavy atom. The normalized spacial score (nSPS) is 13.2. The number of fused-ring (bicyclic) bond motifs is 1. The third-order valence-electron chi connectivity index (χ3n) is 9.39. The summed E-state index contributed by atoms with van der Waals surface area (Å²) in [7, 11) is -2.61. The van der Waals surface area contributed by atoms with Gasteiger partial charge in [0.25, 0.3) is 8.32 Å². The van der Waals surface area contributed by atoms with E-state index in [-0.39, 0.29) is 16.6 Å². The molecule has 0 amide bonds. The number of hydrogen-bond acceptors (Lipinski definition) is 5. The van der Waals surface area contributed by atoms with Crippen LogP contribution in [0.15, 0.2) is 97.2 Å². The van der Waals surface area contributed by atoms with Crippen LogP contribution in [-0.2, 0) is 22.1 Å². The predicted octanol–water partition coefficient (Wildman–Crippen LogP) is 6.26. The van der Waals surface area contributed by atoms with Crippen molar-refractivity contribution in [2.24, 2.45) is 5.41 Å². The highest BCUT2D eigenvalue weighted by atomic mass is 28.4. The van der Waals surface area contributed by atoms with Gasteiger partial charge in [0.1, 0.15) is 0 Å². The van der Waals surface area contributed by atoms with E-state index in [1.165, 1.54) is 10.4 Å². The van der Waals surface area contributed by atoms with Gasteiger partial charge in [0.05, 0.1) is 17.5 Å². The lowest BCUT2D eigenvalue weighted by atomic mass is 9.78. The first kappa shape index (κ1) is 34.8. The molecule has 0 saturated heterocycles. The molecule has 0 fully saturated rings. The van der Waals surface area contributed by atoms with Crippen LogP contribution in [0.1, 0.15) is 65.8 Å². The number of benzene rings is 3. The minimum atomic E-state index is -2.76. The quantitative estimate of drug-likeness (QED) is 0.156. The zero-order valence-electron chi connectivity index (χ0n) is 29.1. The van der Waals surface area contributed by atoms with Crippen molar-refractivity contribution in [1.82, 2.24) is 9.55 Å². The summed E-state index contributed by atoms with van der Waals surface area (Å²) in [6.45, 7) is 16.9. The number of rotatable bonds is 12. The summed E-state index contributed by atoms with van der Waals surface area (Å²) >= 11 is 0. The smallest absolute Gasteiger partial charge is 0.423 e. The molecular weight excluding hydrogens is 599 g/mol. The van der Waals surface area contributed by atoms with E-state index in [9.17, 15) is 10.0 Å². The first-order valence-corrected chi connectivity index (χ1v) is 18.5. The molecule has 2 aromatic heterocycles. The lowest BCUT2D eigenvalue weighted by Crippen LogP contribution is -2.67. The van der Waals surface area contributed by atoms with Crippen LogP contribution >= 0.6 is 0 Å². The van der Waals surface area contributed by atoms with Gasteiger partial charge >= 0.3 is 7.12 Å². The zero-order valence-corrected chi connectivity index (χ0v) is 30.1. The van der Waals surface area contributed by atoms with Gasteiger partial charge in [-0.3, -0.25) is 4.98 Å². The van der Waals surface area contributed by atoms with Gasteiger partial charge in [0.2, 0.25) is 0 Å². The highest BCUT2D eigenvalue weighted by Crippen LogP contribution is 2.42. The average Bonchev–Trinajstić information content (AvgIpc) is 3.36. The molecule has 3 aromatic carbocycles. The Hall–Kier alpha value is -3.53. The number of pyridine rings is 1. The van der Waals surface area contributed by atoms with Gasteiger partial charge in [-0.05, 0) is 70.3 Å². The van der Waals surface area contributed by atoms with Crippen molar-refractivity contribution in [2.75, 3.05) is 13.7 Å². The molecular formula is C39H49BN2O4Si. The molecule has 2 heterocycles. The second-order valence-electron chi connectivity index (χ2n) is 14.3. The number of aryl methyl sites for hydroxylation is 1. The molecule has 0 aliphatic carbocycles. The highest BCUT2D eigenvalue weighted by molar-refractivity contribution is 6.99. The second-order valence-corrected chi connectivity index (χ2v) is 18.6. The van der Waals surface area contributed by atoms with Crippen LogP contribution in [0, 0.1) is 5.41 Å². The minimum Gasteiger partial charge on any atom is -0.423 e. The van der Waals surface area contributed by atoms with Crippen molar-refractivity contribution < 1.29 is 19.2 Å². The molecule has 0 aliphatic heterocycles. The second kappa shape index (κ2) is 13.9. The summed E-state index contributed by atoms with van der Waals surface area (Å²) in [5.41, 5.74) is 5.33. The maximum absolute atomic E-state index is 10.2. The monoisotopic (exact) mass is 648 g/mol. The SMILES string of the molecule is CCn1c(-c2cccnc2[C@H](C)OC)c(CC(C)(C)CO[Si](c2ccccc2)(c2ccccc2)C(C)(C)C)c2cc(B(O)O)ccc21. The Balaban J connectivity index is 1.67. The summed E-state index contributed by atoms with van der Waals surface area (Å²) < 4.78 is 15.6. The van der Waals surface area contributed by atoms with E-state index in [0.717, 1.165) is 40.0 Å². The zero-order chi connectivity index (χ0) is 34.0. The maximum Gasteiger partial charge on any atom is 0.488 e. The van der Waals surface area contributed by atoms with Crippen LogP contribution in [0.25, 0.3) is 22.2 Å². The summed E-state index contributed by atoms with van der Waals surface area (Å²) in [6.07, 6.45) is 2.31. The number of aromatic nitrogens is 2. The van der Waals surface area contributed by atoms with Gasteiger partial charge in [0, 0.05) is 42.9 Å². The molecule has 47 heavy (non-hydrogen) atoms. The number of hydrogen-bond donors (Lipinski definition) is 2. The molecule has 6 nitrogen and oxygen atoms in total. The Bertz CT molecular complexity index is 1760. The van der Waals surface area contributed by atoms with Gasteiger partial charge < -0.3 is 23.8 Å². The summed E-state index contributed by atoms with van der Waals surface area (Å²) in [5.74, 6) is 0. The van der Waals surface area contributed by atoms with Crippen LogP contribution in [0.3, 0.4) is 0 Å². The molecule has 0 unspecified atom stereocenters. The fraction of sp³-hybridized carbons (Fsp3) is 0.359. The summed E-state index contributed by atoms with van der Waals surface area (Å²) in [6, 6.07) is 31.3. The maximum atomic E-state index is 10.2. The minimum absolute atomic E-state index is 0.137. The van der Waals surface area contributed by atoms with Crippen LogP contribution < -0.4 is 15.8 Å². The number of ether oxygens (including phenoxy) is 1. The first-order chi connectivity index (χ1) is 22.3. The topological polar surface area (TPSA) is 76.7 Å². The van der Waals surface area contributed by atoms with E-state index in [0.29, 0.717) is 18.5 Å². The Morgan fingerprint density at radius 1 is 0.872 bits per heavy atom. The average molecular weight is 649 g/mol. The molecule has 5 aromatic rings. The highest BCUT2D eigenvalue weighted by Gasteiger charge is 2.50. The van der Waals surface area contributed by atoms with Gasteiger partial charge in [-0.15, -0.1) is 0 Å². The van der Waals surface area contributed by atoms with E-state index in [1.807, 2.05) is 31.3 Å². The molecule has 5 rings (SSSR count). The molecule has 2 N–H and O–H groups in total. The van der Waals surface area contributed by atoms with E-state index in [2.05, 4.69) is 113 Å². The lowest BCUT2D eigenvalue weighted by molar-refractivity contribution is 0.116. The Morgan fingerprint density at radius 3 is 2.02 bits per heavy atom. The molecule has 0 radical (unpaired) electrons. The van der Waals surface area contributed by atoms with Crippen LogP contribution in [0.2, 0.25) is 5.04 Å². The Kier molecular flexibility index (Phi) is 10.3. The summed E-state index contributed by atoms with van der Waals surface area (Å²) in [4.78, 5) is 4.78. The lowest BCUT2D eigenvalue weighted by Gasteiger charge is -2.44. The molecule has 0 bridgehead atoms. The fourth-order valence-electron chi connectivity index (χ4n) is 7.07. The molecule has 0 saturated carbocycles. The molecule has 8 heteroatoms. The van der Waals surface area contributed by atoms with Crippen LogP contribution in [-0.4, -0.2) is 48.8 Å². The Labute approximate surface area is 281 Å². The van der Waals surface area contributed by atoms with Crippen molar-refractivity contribution in [3.8, 4) is 11.3 Å². The van der Waals surface area contributed by atoms with Crippen LogP contribution in [0.4, 0.5) is 0 Å². The predicted molar refractivity (Wildman–Crippen MR) is 197 cm³/mol. The van der Waals surface area contributed by atoms with Gasteiger partial charge in [0.15, 0.2) is 0 Å².